The fourth-order valence-corrected chi connectivity index (χ4v) is 1.66. The second kappa shape index (κ2) is 6.17. The van der Waals surface area contributed by atoms with Crippen LogP contribution in [0, 0.1) is 5.82 Å². The Morgan fingerprint density at radius 3 is 2.62 bits per heavy atom. The molecule has 7 heteroatoms. The number of amides is 1. The molecule has 0 bridgehead atoms. The summed E-state index contributed by atoms with van der Waals surface area (Å²) in [7, 11) is 0. The molecule has 0 aliphatic carbocycles. The summed E-state index contributed by atoms with van der Waals surface area (Å²) in [6.07, 6.45) is 0. The minimum absolute atomic E-state index is 0.111. The maximum atomic E-state index is 13.6. The number of carbonyl (C=O) groups is 1. The number of carbonyl (C=O) groups excluding carboxylic acids is 1. The second-order valence-electron chi connectivity index (χ2n) is 4.10. The molecule has 0 aromatic heterocycles. The summed E-state index contributed by atoms with van der Waals surface area (Å²) in [5.41, 5.74) is 5.58. The van der Waals surface area contributed by atoms with E-state index in [4.69, 9.17) is 5.73 Å². The molecule has 2 aromatic carbocycles. The van der Waals surface area contributed by atoms with Crippen molar-refractivity contribution in [1.82, 2.24) is 0 Å². The van der Waals surface area contributed by atoms with Crippen LogP contribution < -0.4 is 15.8 Å². The zero-order chi connectivity index (χ0) is 15.4. The minimum Gasteiger partial charge on any atom is -0.435 e. The topological polar surface area (TPSA) is 64.4 Å². The van der Waals surface area contributed by atoms with Gasteiger partial charge in [-0.2, -0.15) is 8.78 Å². The summed E-state index contributed by atoms with van der Waals surface area (Å²) in [6, 6.07) is 9.04. The minimum atomic E-state index is -2.97. The fraction of sp³-hybridized carbons (Fsp3) is 0.0714. The molecular weight excluding hydrogens is 285 g/mol. The van der Waals surface area contributed by atoms with E-state index >= 15 is 0 Å². The van der Waals surface area contributed by atoms with Crippen molar-refractivity contribution in [3.63, 3.8) is 0 Å². The first-order valence-corrected chi connectivity index (χ1v) is 5.87. The Morgan fingerprint density at radius 2 is 1.95 bits per heavy atom. The van der Waals surface area contributed by atoms with Crippen LogP contribution in [0.1, 0.15) is 10.4 Å². The maximum absolute atomic E-state index is 13.6. The predicted octanol–water partition coefficient (Wildman–Crippen LogP) is 3.26. The van der Waals surface area contributed by atoms with Gasteiger partial charge in [-0.3, -0.25) is 4.79 Å². The highest BCUT2D eigenvalue weighted by molar-refractivity contribution is 6.04. The van der Waals surface area contributed by atoms with Crippen LogP contribution in [-0.4, -0.2) is 12.5 Å². The number of benzene rings is 2. The van der Waals surface area contributed by atoms with E-state index in [1.165, 1.54) is 36.4 Å². The SMILES string of the molecule is Nc1ccc(C(=O)Nc2cccc(OC(F)F)c2)c(F)c1. The van der Waals surface area contributed by atoms with Crippen LogP contribution >= 0.6 is 0 Å². The second-order valence-corrected chi connectivity index (χ2v) is 4.10. The van der Waals surface area contributed by atoms with E-state index in [9.17, 15) is 18.0 Å². The largest absolute Gasteiger partial charge is 0.435 e. The van der Waals surface area contributed by atoms with E-state index < -0.39 is 18.3 Å². The average Bonchev–Trinajstić information content (AvgIpc) is 2.37. The molecule has 0 spiro atoms. The Bertz CT molecular complexity index is 662. The zero-order valence-corrected chi connectivity index (χ0v) is 10.6. The number of anilines is 2. The van der Waals surface area contributed by atoms with Crippen molar-refractivity contribution < 1.29 is 22.7 Å². The first kappa shape index (κ1) is 14.7. The molecule has 2 rings (SSSR count). The van der Waals surface area contributed by atoms with Gasteiger partial charge < -0.3 is 15.8 Å². The molecule has 0 unspecified atom stereocenters. The zero-order valence-electron chi connectivity index (χ0n) is 10.6. The molecular formula is C14H11F3N2O2. The highest BCUT2D eigenvalue weighted by Crippen LogP contribution is 2.20. The van der Waals surface area contributed by atoms with Gasteiger partial charge in [0.2, 0.25) is 0 Å². The van der Waals surface area contributed by atoms with Gasteiger partial charge in [0.25, 0.3) is 5.91 Å². The molecule has 0 saturated carbocycles. The Hall–Kier alpha value is -2.70. The number of nitrogens with one attached hydrogen (secondary N) is 1. The van der Waals surface area contributed by atoms with Crippen LogP contribution in [0.3, 0.4) is 0 Å². The van der Waals surface area contributed by atoms with Crippen molar-refractivity contribution in [3.05, 3.63) is 53.8 Å². The summed E-state index contributed by atoms with van der Waals surface area (Å²) < 4.78 is 42.0. The van der Waals surface area contributed by atoms with E-state index in [0.717, 1.165) is 6.07 Å². The number of hydrogen-bond acceptors (Lipinski definition) is 3. The van der Waals surface area contributed by atoms with E-state index in [-0.39, 0.29) is 22.7 Å². The average molecular weight is 296 g/mol. The predicted molar refractivity (Wildman–Crippen MR) is 71.8 cm³/mol. The maximum Gasteiger partial charge on any atom is 0.387 e. The van der Waals surface area contributed by atoms with Crippen molar-refractivity contribution in [2.75, 3.05) is 11.1 Å². The van der Waals surface area contributed by atoms with Gasteiger partial charge in [-0.1, -0.05) is 6.07 Å². The monoisotopic (exact) mass is 296 g/mol. The van der Waals surface area contributed by atoms with Gasteiger partial charge in [-0.05, 0) is 30.3 Å². The molecule has 0 aliphatic rings. The van der Waals surface area contributed by atoms with Gasteiger partial charge >= 0.3 is 6.61 Å². The summed E-state index contributed by atoms with van der Waals surface area (Å²) in [4.78, 5) is 11.9. The van der Waals surface area contributed by atoms with Gasteiger partial charge in [0.05, 0.1) is 5.56 Å². The van der Waals surface area contributed by atoms with Crippen LogP contribution in [0.4, 0.5) is 24.5 Å². The van der Waals surface area contributed by atoms with Crippen molar-refractivity contribution in [1.29, 1.82) is 0 Å². The first-order chi connectivity index (χ1) is 9.95. The molecule has 0 heterocycles. The van der Waals surface area contributed by atoms with E-state index in [2.05, 4.69) is 10.1 Å². The highest BCUT2D eigenvalue weighted by atomic mass is 19.3. The molecule has 0 radical (unpaired) electrons. The number of ether oxygens (including phenoxy) is 1. The molecule has 2 aromatic rings. The van der Waals surface area contributed by atoms with E-state index in [1.807, 2.05) is 0 Å². The lowest BCUT2D eigenvalue weighted by atomic mass is 10.1. The van der Waals surface area contributed by atoms with E-state index in [0.29, 0.717) is 0 Å². The standard InChI is InChI=1S/C14H11F3N2O2/c15-12-6-8(18)4-5-11(12)13(20)19-9-2-1-3-10(7-9)21-14(16)17/h1-7,14H,18H2,(H,19,20). The molecule has 0 saturated heterocycles. The molecule has 110 valence electrons. The van der Waals surface area contributed by atoms with Crippen LogP contribution in [-0.2, 0) is 0 Å². The Morgan fingerprint density at radius 1 is 1.19 bits per heavy atom. The lowest BCUT2D eigenvalue weighted by molar-refractivity contribution is -0.0497. The number of nitrogen functional groups attached to an aromatic ring is 1. The lowest BCUT2D eigenvalue weighted by Gasteiger charge is -2.09. The van der Waals surface area contributed by atoms with Crippen molar-refractivity contribution >= 4 is 17.3 Å². The van der Waals surface area contributed by atoms with Crippen molar-refractivity contribution in [2.24, 2.45) is 0 Å². The summed E-state index contributed by atoms with van der Waals surface area (Å²) in [5, 5.41) is 2.39. The molecule has 21 heavy (non-hydrogen) atoms. The molecule has 1 amide bonds. The third-order valence-electron chi connectivity index (χ3n) is 2.55. The summed E-state index contributed by atoms with van der Waals surface area (Å²) in [5.74, 6) is -1.60. The lowest BCUT2D eigenvalue weighted by Crippen LogP contribution is -2.14. The smallest absolute Gasteiger partial charge is 0.387 e. The molecule has 0 fully saturated rings. The molecule has 3 N–H and O–H groups in total. The third-order valence-corrected chi connectivity index (χ3v) is 2.55. The van der Waals surface area contributed by atoms with Gasteiger partial charge in [-0.25, -0.2) is 4.39 Å². The third kappa shape index (κ3) is 3.88. The van der Waals surface area contributed by atoms with Gasteiger partial charge in [0.1, 0.15) is 11.6 Å². The quantitative estimate of drug-likeness (QED) is 0.851. The van der Waals surface area contributed by atoms with Gasteiger partial charge in [-0.15, -0.1) is 0 Å². The molecule has 0 atom stereocenters. The van der Waals surface area contributed by atoms with Crippen molar-refractivity contribution in [2.45, 2.75) is 6.61 Å². The molecule has 0 aliphatic heterocycles. The van der Waals surface area contributed by atoms with Crippen LogP contribution in [0.15, 0.2) is 42.5 Å². The number of alkyl halides is 2. The number of rotatable bonds is 4. The summed E-state index contributed by atoms with van der Waals surface area (Å²) in [6.45, 7) is -2.97. The number of halogens is 3. The Labute approximate surface area is 118 Å². The van der Waals surface area contributed by atoms with Crippen LogP contribution in [0.2, 0.25) is 0 Å². The first-order valence-electron chi connectivity index (χ1n) is 5.87. The van der Waals surface area contributed by atoms with Gasteiger partial charge in [0.15, 0.2) is 0 Å². The van der Waals surface area contributed by atoms with Gasteiger partial charge in [0, 0.05) is 17.4 Å². The van der Waals surface area contributed by atoms with E-state index in [1.54, 1.807) is 0 Å². The number of hydrogen-bond donors (Lipinski definition) is 2. The molecule has 4 nitrogen and oxygen atoms in total. The summed E-state index contributed by atoms with van der Waals surface area (Å²) >= 11 is 0. The Balaban J connectivity index is 2.15. The normalized spacial score (nSPS) is 10.5. The van der Waals surface area contributed by atoms with Crippen molar-refractivity contribution in [3.8, 4) is 5.75 Å². The van der Waals surface area contributed by atoms with Crippen LogP contribution in [0.5, 0.6) is 5.75 Å². The van der Waals surface area contributed by atoms with Crippen LogP contribution in [0.25, 0.3) is 0 Å². The number of nitrogens with two attached hydrogens (primary N) is 1. The fourth-order valence-electron chi connectivity index (χ4n) is 1.66. The Kier molecular flexibility index (Phi) is 4.32. The highest BCUT2D eigenvalue weighted by Gasteiger charge is 2.13.